The van der Waals surface area contributed by atoms with Crippen LogP contribution in [0.1, 0.15) is 26.2 Å². The maximum Gasteiger partial charge on any atom is 0.307 e. The fourth-order valence-electron chi connectivity index (χ4n) is 2.69. The van der Waals surface area contributed by atoms with Gasteiger partial charge in [0, 0.05) is 7.11 Å². The maximum atomic E-state index is 12.1. The molecule has 6 heteroatoms. The van der Waals surface area contributed by atoms with E-state index in [0.717, 1.165) is 6.42 Å². The van der Waals surface area contributed by atoms with Crippen LogP contribution in [0.5, 0.6) is 0 Å². The van der Waals surface area contributed by atoms with Gasteiger partial charge in [-0.15, -0.1) is 0 Å². The zero-order valence-electron chi connectivity index (χ0n) is 11.5. The molecule has 0 radical (unpaired) electrons. The predicted molar refractivity (Wildman–Crippen MR) is 68.5 cm³/mol. The van der Waals surface area contributed by atoms with Crippen molar-refractivity contribution in [3.8, 4) is 0 Å². The molecular formula is C13H23NO5. The molecular weight excluding hydrogens is 250 g/mol. The summed E-state index contributed by atoms with van der Waals surface area (Å²) in [6.45, 7) is 2.00. The van der Waals surface area contributed by atoms with E-state index in [4.69, 9.17) is 9.84 Å². The molecule has 1 aliphatic rings. The van der Waals surface area contributed by atoms with Gasteiger partial charge in [-0.1, -0.05) is 13.3 Å². The summed E-state index contributed by atoms with van der Waals surface area (Å²) in [6.07, 6.45) is 2.04. The first-order valence-electron chi connectivity index (χ1n) is 6.66. The number of nitrogens with one attached hydrogen (secondary N) is 1. The van der Waals surface area contributed by atoms with Crippen molar-refractivity contribution in [2.45, 2.75) is 32.2 Å². The normalized spacial score (nSPS) is 28.1. The van der Waals surface area contributed by atoms with Crippen molar-refractivity contribution in [3.05, 3.63) is 0 Å². The Morgan fingerprint density at radius 3 is 2.47 bits per heavy atom. The van der Waals surface area contributed by atoms with E-state index >= 15 is 0 Å². The van der Waals surface area contributed by atoms with Gasteiger partial charge in [0.2, 0.25) is 5.91 Å². The zero-order valence-corrected chi connectivity index (χ0v) is 11.5. The molecule has 0 aromatic carbocycles. The second-order valence-electron chi connectivity index (χ2n) is 5.14. The predicted octanol–water partition coefficient (Wildman–Crippen LogP) is 0.247. The van der Waals surface area contributed by atoms with Crippen molar-refractivity contribution in [1.82, 2.24) is 5.32 Å². The lowest BCUT2D eigenvalue weighted by atomic mass is 9.95. The van der Waals surface area contributed by atoms with E-state index in [2.05, 4.69) is 5.32 Å². The Bertz CT molecular complexity index is 320. The van der Waals surface area contributed by atoms with Crippen molar-refractivity contribution in [3.63, 3.8) is 0 Å². The van der Waals surface area contributed by atoms with Crippen molar-refractivity contribution in [2.75, 3.05) is 20.3 Å². The summed E-state index contributed by atoms with van der Waals surface area (Å²) in [5.74, 6) is -2.05. The summed E-state index contributed by atoms with van der Waals surface area (Å²) in [7, 11) is 1.48. The highest BCUT2D eigenvalue weighted by Gasteiger charge is 2.42. The number of rotatable bonds is 7. The third kappa shape index (κ3) is 4.18. The van der Waals surface area contributed by atoms with E-state index in [-0.39, 0.29) is 25.0 Å². The third-order valence-corrected chi connectivity index (χ3v) is 3.83. The van der Waals surface area contributed by atoms with Crippen LogP contribution in [-0.2, 0) is 14.3 Å². The van der Waals surface area contributed by atoms with Crippen LogP contribution in [0.2, 0.25) is 0 Å². The zero-order chi connectivity index (χ0) is 14.4. The van der Waals surface area contributed by atoms with Gasteiger partial charge in [0.05, 0.1) is 31.1 Å². The molecule has 0 aromatic rings. The maximum absolute atomic E-state index is 12.1. The summed E-state index contributed by atoms with van der Waals surface area (Å²) < 4.78 is 4.88. The average Bonchev–Trinajstić information content (AvgIpc) is 2.82. The number of aliphatic hydroxyl groups excluding tert-OH is 1. The van der Waals surface area contributed by atoms with Crippen LogP contribution in [-0.4, -0.2) is 48.5 Å². The summed E-state index contributed by atoms with van der Waals surface area (Å²) in [6, 6.07) is -0.479. The van der Waals surface area contributed by atoms with Crippen LogP contribution in [0.25, 0.3) is 0 Å². The molecule has 0 aliphatic heterocycles. The average molecular weight is 273 g/mol. The summed E-state index contributed by atoms with van der Waals surface area (Å²) in [5, 5.41) is 21.0. The molecule has 3 N–H and O–H groups in total. The topological polar surface area (TPSA) is 95.9 Å². The van der Waals surface area contributed by atoms with E-state index in [1.54, 1.807) is 0 Å². The molecule has 1 saturated carbocycles. The van der Waals surface area contributed by atoms with Gasteiger partial charge in [0.15, 0.2) is 0 Å². The Labute approximate surface area is 113 Å². The molecule has 1 rings (SSSR count). The van der Waals surface area contributed by atoms with Crippen molar-refractivity contribution in [1.29, 1.82) is 0 Å². The quantitative estimate of drug-likeness (QED) is 0.618. The van der Waals surface area contributed by atoms with Crippen LogP contribution < -0.4 is 5.32 Å². The molecule has 2 unspecified atom stereocenters. The minimum atomic E-state index is -0.914. The number of amides is 1. The van der Waals surface area contributed by atoms with Gasteiger partial charge < -0.3 is 20.3 Å². The number of ether oxygens (including phenoxy) is 1. The van der Waals surface area contributed by atoms with Crippen molar-refractivity contribution in [2.24, 2.45) is 17.8 Å². The van der Waals surface area contributed by atoms with E-state index < -0.39 is 23.8 Å². The second-order valence-corrected chi connectivity index (χ2v) is 5.14. The Kier molecular flexibility index (Phi) is 6.24. The molecule has 0 spiro atoms. The van der Waals surface area contributed by atoms with Crippen LogP contribution in [0.4, 0.5) is 0 Å². The minimum absolute atomic E-state index is 0.212. The molecule has 1 fully saturated rings. The van der Waals surface area contributed by atoms with E-state index in [9.17, 15) is 14.7 Å². The molecule has 110 valence electrons. The molecule has 1 aliphatic carbocycles. The van der Waals surface area contributed by atoms with E-state index in [0.29, 0.717) is 12.8 Å². The van der Waals surface area contributed by atoms with Gasteiger partial charge >= 0.3 is 5.97 Å². The van der Waals surface area contributed by atoms with Gasteiger partial charge in [-0.2, -0.15) is 0 Å². The number of carboxylic acids is 1. The first-order valence-corrected chi connectivity index (χ1v) is 6.66. The number of carbonyl (C=O) groups excluding carboxylic acids is 1. The van der Waals surface area contributed by atoms with E-state index in [1.165, 1.54) is 7.11 Å². The highest BCUT2D eigenvalue weighted by molar-refractivity contribution is 5.85. The molecule has 1 amide bonds. The Hall–Kier alpha value is -1.14. The molecule has 4 atom stereocenters. The minimum Gasteiger partial charge on any atom is -0.481 e. The highest BCUT2D eigenvalue weighted by atomic mass is 16.5. The van der Waals surface area contributed by atoms with Crippen LogP contribution in [0.3, 0.4) is 0 Å². The molecule has 0 aromatic heterocycles. The number of aliphatic carboxylic acids is 1. The monoisotopic (exact) mass is 273 g/mol. The fourth-order valence-corrected chi connectivity index (χ4v) is 2.69. The molecule has 0 saturated heterocycles. The summed E-state index contributed by atoms with van der Waals surface area (Å²) >= 11 is 0. The van der Waals surface area contributed by atoms with Gasteiger partial charge in [-0.05, 0) is 18.8 Å². The number of hydrogen-bond acceptors (Lipinski definition) is 4. The van der Waals surface area contributed by atoms with Crippen molar-refractivity contribution < 1.29 is 24.5 Å². The highest BCUT2D eigenvalue weighted by Crippen LogP contribution is 2.38. The Balaban J connectivity index is 2.65. The first kappa shape index (κ1) is 15.9. The molecule has 6 nitrogen and oxygen atoms in total. The summed E-state index contributed by atoms with van der Waals surface area (Å²) in [4.78, 5) is 23.3. The number of carboxylic acid groups (broad SMARTS) is 1. The van der Waals surface area contributed by atoms with Crippen LogP contribution in [0.15, 0.2) is 0 Å². The van der Waals surface area contributed by atoms with Gasteiger partial charge in [-0.3, -0.25) is 9.59 Å². The number of aliphatic hydroxyl groups is 1. The van der Waals surface area contributed by atoms with Gasteiger partial charge in [0.1, 0.15) is 0 Å². The lowest BCUT2D eigenvalue weighted by molar-refractivity contribution is -0.146. The largest absolute Gasteiger partial charge is 0.481 e. The first-order chi connectivity index (χ1) is 9.03. The lowest BCUT2D eigenvalue weighted by Gasteiger charge is -2.20. The standard InChI is InChI=1S/C13H23NO5/c1-3-8-4-10(11(5-8)13(17)18)12(16)14-9(6-15)7-19-2/h8-11,15H,3-7H2,1-2H3,(H,14,16)(H,17,18)/t8?,9?,10-,11+/m0/s1. The summed E-state index contributed by atoms with van der Waals surface area (Å²) in [5.41, 5.74) is 0. The fraction of sp³-hybridized carbons (Fsp3) is 0.846. The van der Waals surface area contributed by atoms with Gasteiger partial charge in [-0.25, -0.2) is 0 Å². The van der Waals surface area contributed by atoms with Crippen molar-refractivity contribution >= 4 is 11.9 Å². The smallest absolute Gasteiger partial charge is 0.307 e. The number of carbonyl (C=O) groups is 2. The Morgan fingerprint density at radius 1 is 1.37 bits per heavy atom. The Morgan fingerprint density at radius 2 is 2.00 bits per heavy atom. The van der Waals surface area contributed by atoms with E-state index in [1.807, 2.05) is 6.92 Å². The molecule has 0 heterocycles. The molecule has 19 heavy (non-hydrogen) atoms. The number of hydrogen-bond donors (Lipinski definition) is 3. The lowest BCUT2D eigenvalue weighted by Crippen LogP contribution is -2.45. The number of methoxy groups -OCH3 is 1. The van der Waals surface area contributed by atoms with Gasteiger partial charge in [0.25, 0.3) is 0 Å². The SMILES string of the molecule is CCC1C[C@H](C(=O)NC(CO)COC)[C@H](C(=O)O)C1. The van der Waals surface area contributed by atoms with Crippen LogP contribution >= 0.6 is 0 Å². The molecule has 0 bridgehead atoms. The van der Waals surface area contributed by atoms with Crippen LogP contribution in [0, 0.1) is 17.8 Å². The second kappa shape index (κ2) is 7.45. The third-order valence-electron chi connectivity index (χ3n) is 3.83.